The molecule has 0 bridgehead atoms. The number of terminal acetylenes is 1. The Morgan fingerprint density at radius 1 is 1.50 bits per heavy atom. The molecule has 70 valence electrons. The summed E-state index contributed by atoms with van der Waals surface area (Å²) in [6, 6.07) is 7.22. The van der Waals surface area contributed by atoms with Crippen molar-refractivity contribution in [3.8, 4) is 12.3 Å². The number of hydrogen-bond acceptors (Lipinski definition) is 1. The second kappa shape index (κ2) is 4.88. The largest absolute Gasteiger partial charge is 0.321 e. The number of hydrogen-bond donors (Lipinski definition) is 1. The Labute approximate surface area is 83.6 Å². The van der Waals surface area contributed by atoms with E-state index in [2.05, 4.69) is 11.2 Å². The smallest absolute Gasteiger partial charge is 0.248 e. The van der Waals surface area contributed by atoms with Gasteiger partial charge in [0.1, 0.15) is 0 Å². The van der Waals surface area contributed by atoms with Crippen molar-refractivity contribution in [2.45, 2.75) is 6.92 Å². The van der Waals surface area contributed by atoms with Crippen molar-refractivity contribution in [1.82, 2.24) is 0 Å². The average molecular weight is 185 g/mol. The van der Waals surface area contributed by atoms with Crippen LogP contribution < -0.4 is 5.32 Å². The van der Waals surface area contributed by atoms with Crippen molar-refractivity contribution in [3.63, 3.8) is 0 Å². The summed E-state index contributed by atoms with van der Waals surface area (Å²) in [4.78, 5) is 11.2. The van der Waals surface area contributed by atoms with Crippen LogP contribution in [0.15, 0.2) is 36.4 Å². The SMILES string of the molecule is C#Cc1ccccc1NC(=O)/C=C/C. The molecule has 1 amide bonds. The number of nitrogens with one attached hydrogen (secondary N) is 1. The third-order valence-corrected chi connectivity index (χ3v) is 1.66. The number of para-hydroxylation sites is 1. The van der Waals surface area contributed by atoms with E-state index in [0.29, 0.717) is 11.3 Å². The summed E-state index contributed by atoms with van der Waals surface area (Å²) in [5.41, 5.74) is 1.35. The molecule has 1 aromatic rings. The lowest BCUT2D eigenvalue weighted by Gasteiger charge is -2.03. The highest BCUT2D eigenvalue weighted by molar-refractivity contribution is 6.00. The average Bonchev–Trinajstić information content (AvgIpc) is 2.19. The Morgan fingerprint density at radius 2 is 2.21 bits per heavy atom. The van der Waals surface area contributed by atoms with Crippen LogP contribution in [0.4, 0.5) is 5.69 Å². The van der Waals surface area contributed by atoms with Crippen molar-refractivity contribution in [2.75, 3.05) is 5.32 Å². The number of amides is 1. The van der Waals surface area contributed by atoms with E-state index < -0.39 is 0 Å². The predicted molar refractivity (Wildman–Crippen MR) is 57.8 cm³/mol. The fourth-order valence-electron chi connectivity index (χ4n) is 1.04. The van der Waals surface area contributed by atoms with E-state index in [0.717, 1.165) is 0 Å². The molecule has 0 fully saturated rings. The van der Waals surface area contributed by atoms with E-state index in [9.17, 15) is 4.79 Å². The number of rotatable bonds is 2. The number of benzene rings is 1. The lowest BCUT2D eigenvalue weighted by Crippen LogP contribution is -2.08. The minimum absolute atomic E-state index is 0.171. The summed E-state index contributed by atoms with van der Waals surface area (Å²) in [5, 5.41) is 2.69. The summed E-state index contributed by atoms with van der Waals surface area (Å²) in [6.07, 6.45) is 8.41. The summed E-state index contributed by atoms with van der Waals surface area (Å²) in [6.45, 7) is 1.78. The first-order chi connectivity index (χ1) is 6.77. The number of carbonyl (C=O) groups excluding carboxylic acids is 1. The van der Waals surface area contributed by atoms with Crippen LogP contribution in [-0.4, -0.2) is 5.91 Å². The van der Waals surface area contributed by atoms with Gasteiger partial charge in [0.25, 0.3) is 0 Å². The molecule has 2 heteroatoms. The topological polar surface area (TPSA) is 29.1 Å². The molecule has 1 rings (SSSR count). The molecule has 0 unspecified atom stereocenters. The molecule has 14 heavy (non-hydrogen) atoms. The predicted octanol–water partition coefficient (Wildman–Crippen LogP) is 2.18. The highest BCUT2D eigenvalue weighted by Crippen LogP contribution is 2.13. The Balaban J connectivity index is 2.87. The summed E-state index contributed by atoms with van der Waals surface area (Å²) in [5.74, 6) is 2.33. The molecule has 0 saturated carbocycles. The molecule has 0 aliphatic carbocycles. The first-order valence-electron chi connectivity index (χ1n) is 4.27. The van der Waals surface area contributed by atoms with E-state index >= 15 is 0 Å². The van der Waals surface area contributed by atoms with Gasteiger partial charge in [0.05, 0.1) is 5.69 Å². The molecule has 0 aromatic heterocycles. The molecule has 0 aliphatic rings. The van der Waals surface area contributed by atoms with Crippen LogP contribution in [0.5, 0.6) is 0 Å². The monoisotopic (exact) mass is 185 g/mol. The van der Waals surface area contributed by atoms with Gasteiger partial charge < -0.3 is 5.32 Å². The number of allylic oxidation sites excluding steroid dienone is 1. The molecule has 0 atom stereocenters. The molecule has 1 N–H and O–H groups in total. The first kappa shape index (κ1) is 10.1. The fraction of sp³-hybridized carbons (Fsp3) is 0.0833. The lowest BCUT2D eigenvalue weighted by atomic mass is 10.2. The van der Waals surface area contributed by atoms with Gasteiger partial charge in [-0.05, 0) is 25.1 Å². The Bertz CT molecular complexity index is 399. The molecular weight excluding hydrogens is 174 g/mol. The maximum absolute atomic E-state index is 11.2. The van der Waals surface area contributed by atoms with Gasteiger partial charge in [-0.15, -0.1) is 6.42 Å². The second-order valence-electron chi connectivity index (χ2n) is 2.68. The lowest BCUT2D eigenvalue weighted by molar-refractivity contribution is -0.111. The Morgan fingerprint density at radius 3 is 2.86 bits per heavy atom. The van der Waals surface area contributed by atoms with Crippen molar-refractivity contribution in [1.29, 1.82) is 0 Å². The maximum atomic E-state index is 11.2. The van der Waals surface area contributed by atoms with Crippen LogP contribution in [-0.2, 0) is 4.79 Å². The molecule has 0 aliphatic heterocycles. The van der Waals surface area contributed by atoms with Gasteiger partial charge in [0, 0.05) is 5.56 Å². The zero-order valence-electron chi connectivity index (χ0n) is 7.95. The molecule has 0 heterocycles. The summed E-state index contributed by atoms with van der Waals surface area (Å²) in [7, 11) is 0. The van der Waals surface area contributed by atoms with Gasteiger partial charge >= 0.3 is 0 Å². The van der Waals surface area contributed by atoms with Crippen LogP contribution in [0, 0.1) is 12.3 Å². The molecule has 0 spiro atoms. The molecule has 0 radical (unpaired) electrons. The second-order valence-corrected chi connectivity index (χ2v) is 2.68. The quantitative estimate of drug-likeness (QED) is 0.555. The summed E-state index contributed by atoms with van der Waals surface area (Å²) >= 11 is 0. The standard InChI is InChI=1S/C12H11NO/c1-3-7-12(14)13-11-9-6-5-8-10(11)4-2/h2-3,5-9H,1H3,(H,13,14)/b7-3+. The third-order valence-electron chi connectivity index (χ3n) is 1.66. The van der Waals surface area contributed by atoms with Crippen LogP contribution >= 0.6 is 0 Å². The van der Waals surface area contributed by atoms with E-state index in [4.69, 9.17) is 6.42 Å². The molecule has 2 nitrogen and oxygen atoms in total. The van der Waals surface area contributed by atoms with E-state index in [1.54, 1.807) is 25.1 Å². The van der Waals surface area contributed by atoms with Gasteiger partial charge in [0.15, 0.2) is 0 Å². The van der Waals surface area contributed by atoms with Crippen LogP contribution in [0.3, 0.4) is 0 Å². The van der Waals surface area contributed by atoms with Crippen molar-refractivity contribution < 1.29 is 4.79 Å². The first-order valence-corrected chi connectivity index (χ1v) is 4.27. The fourth-order valence-corrected chi connectivity index (χ4v) is 1.04. The molecule has 1 aromatic carbocycles. The zero-order chi connectivity index (χ0) is 10.4. The Hall–Kier alpha value is -2.01. The van der Waals surface area contributed by atoms with Crippen molar-refractivity contribution in [2.24, 2.45) is 0 Å². The van der Waals surface area contributed by atoms with Gasteiger partial charge in [-0.3, -0.25) is 4.79 Å². The number of carbonyl (C=O) groups is 1. The van der Waals surface area contributed by atoms with E-state index in [-0.39, 0.29) is 5.91 Å². The Kier molecular flexibility index (Phi) is 3.51. The van der Waals surface area contributed by atoms with E-state index in [1.165, 1.54) is 6.08 Å². The number of anilines is 1. The normalized spacial score (nSPS) is 9.71. The van der Waals surface area contributed by atoms with Crippen molar-refractivity contribution in [3.05, 3.63) is 42.0 Å². The van der Waals surface area contributed by atoms with Gasteiger partial charge in [-0.25, -0.2) is 0 Å². The van der Waals surface area contributed by atoms with Gasteiger partial charge in [0.2, 0.25) is 5.91 Å². The highest BCUT2D eigenvalue weighted by Gasteiger charge is 2.00. The van der Waals surface area contributed by atoms with Crippen molar-refractivity contribution >= 4 is 11.6 Å². The summed E-state index contributed by atoms with van der Waals surface area (Å²) < 4.78 is 0. The zero-order valence-corrected chi connectivity index (χ0v) is 7.95. The van der Waals surface area contributed by atoms with Gasteiger partial charge in [-0.1, -0.05) is 24.1 Å². The van der Waals surface area contributed by atoms with Crippen LogP contribution in [0.25, 0.3) is 0 Å². The molecular formula is C12H11NO. The van der Waals surface area contributed by atoms with Gasteiger partial charge in [-0.2, -0.15) is 0 Å². The highest BCUT2D eigenvalue weighted by atomic mass is 16.1. The third kappa shape index (κ3) is 2.49. The molecule has 0 saturated heterocycles. The minimum atomic E-state index is -0.171. The maximum Gasteiger partial charge on any atom is 0.248 e. The van der Waals surface area contributed by atoms with Crippen LogP contribution in [0.2, 0.25) is 0 Å². The van der Waals surface area contributed by atoms with Crippen LogP contribution in [0.1, 0.15) is 12.5 Å². The minimum Gasteiger partial charge on any atom is -0.321 e. The van der Waals surface area contributed by atoms with E-state index in [1.807, 2.05) is 12.1 Å².